The third-order valence-electron chi connectivity index (χ3n) is 1.94. The molecule has 0 aromatic carbocycles. The Bertz CT molecular complexity index is 336. The number of nitriles is 1. The summed E-state index contributed by atoms with van der Waals surface area (Å²) in [5.74, 6) is 0. The Balaban J connectivity index is 2.11. The monoisotopic (exact) mass is 194 g/mol. The van der Waals surface area contributed by atoms with E-state index in [1.165, 1.54) is 24.6 Å². The largest absolute Gasteiger partial charge is 0.305 e. The fraction of sp³-hybridized carbons (Fsp3) is 0.625. The zero-order valence-corrected chi connectivity index (χ0v) is 8.16. The van der Waals surface area contributed by atoms with Crippen LogP contribution in [0.4, 0.5) is 0 Å². The highest BCUT2D eigenvalue weighted by Crippen LogP contribution is 2.37. The summed E-state index contributed by atoms with van der Waals surface area (Å²) in [7, 11) is 0. The van der Waals surface area contributed by atoms with E-state index >= 15 is 0 Å². The predicted molar refractivity (Wildman–Crippen MR) is 49.2 cm³/mol. The molecule has 1 unspecified atom stereocenters. The highest BCUT2D eigenvalue weighted by Gasteiger charge is 2.26. The third kappa shape index (κ3) is 1.83. The van der Waals surface area contributed by atoms with Crippen molar-refractivity contribution in [2.45, 2.75) is 36.2 Å². The van der Waals surface area contributed by atoms with Crippen molar-refractivity contribution in [3.63, 3.8) is 0 Å². The molecule has 1 aromatic heterocycles. The second-order valence-electron chi connectivity index (χ2n) is 3.14. The van der Waals surface area contributed by atoms with Gasteiger partial charge in [-0.3, -0.25) is 0 Å². The van der Waals surface area contributed by atoms with Gasteiger partial charge >= 0.3 is 0 Å². The van der Waals surface area contributed by atoms with Crippen molar-refractivity contribution in [3.8, 4) is 6.07 Å². The molecule has 1 saturated carbocycles. The van der Waals surface area contributed by atoms with Crippen LogP contribution in [-0.4, -0.2) is 20.0 Å². The summed E-state index contributed by atoms with van der Waals surface area (Å²) in [6.07, 6.45) is 4.18. The van der Waals surface area contributed by atoms with Gasteiger partial charge in [0.05, 0.1) is 11.3 Å². The highest BCUT2D eigenvalue weighted by molar-refractivity contribution is 8.00. The van der Waals surface area contributed by atoms with Gasteiger partial charge < -0.3 is 4.57 Å². The lowest BCUT2D eigenvalue weighted by Gasteiger charge is -2.03. The third-order valence-corrected chi connectivity index (χ3v) is 2.91. The molecule has 1 fully saturated rings. The summed E-state index contributed by atoms with van der Waals surface area (Å²) in [5.41, 5.74) is 0. The standard InChI is InChI=1S/C8H10N4S/c1-6(4-9)13-8-11-10-5-12(8)7-2-3-7/h5-7H,2-3H2,1H3. The second kappa shape index (κ2) is 3.38. The normalized spacial score (nSPS) is 18.2. The maximum Gasteiger partial charge on any atom is 0.192 e. The van der Waals surface area contributed by atoms with E-state index in [0.717, 1.165) is 5.16 Å². The molecule has 4 nitrogen and oxygen atoms in total. The number of aromatic nitrogens is 3. The Morgan fingerprint density at radius 1 is 1.77 bits per heavy atom. The van der Waals surface area contributed by atoms with Crippen LogP contribution in [0, 0.1) is 11.3 Å². The topological polar surface area (TPSA) is 54.5 Å². The first kappa shape index (κ1) is 8.57. The first-order chi connectivity index (χ1) is 6.31. The van der Waals surface area contributed by atoms with E-state index < -0.39 is 0 Å². The van der Waals surface area contributed by atoms with E-state index in [4.69, 9.17) is 5.26 Å². The van der Waals surface area contributed by atoms with Gasteiger partial charge in [0.15, 0.2) is 5.16 Å². The molecule has 0 amide bonds. The summed E-state index contributed by atoms with van der Waals surface area (Å²) in [5, 5.41) is 17.3. The van der Waals surface area contributed by atoms with Crippen LogP contribution in [0.1, 0.15) is 25.8 Å². The summed E-state index contributed by atoms with van der Waals surface area (Å²) in [6.45, 7) is 1.87. The SMILES string of the molecule is CC(C#N)Sc1nncn1C1CC1. The molecule has 1 aliphatic carbocycles. The Morgan fingerprint density at radius 2 is 2.54 bits per heavy atom. The Labute approximate surface area is 81.0 Å². The molecule has 0 N–H and O–H groups in total. The van der Waals surface area contributed by atoms with Gasteiger partial charge in [-0.15, -0.1) is 10.2 Å². The van der Waals surface area contributed by atoms with Crippen LogP contribution in [0.5, 0.6) is 0 Å². The molecule has 1 heterocycles. The first-order valence-electron chi connectivity index (χ1n) is 4.27. The average Bonchev–Trinajstić information content (AvgIpc) is 2.88. The number of nitrogens with zero attached hydrogens (tertiary/aromatic N) is 4. The van der Waals surface area contributed by atoms with Gasteiger partial charge in [0.1, 0.15) is 6.33 Å². The Kier molecular flexibility index (Phi) is 2.23. The van der Waals surface area contributed by atoms with Gasteiger partial charge in [-0.25, -0.2) is 0 Å². The van der Waals surface area contributed by atoms with Crippen molar-refractivity contribution in [2.75, 3.05) is 0 Å². The summed E-state index contributed by atoms with van der Waals surface area (Å²) in [6, 6.07) is 2.76. The fourth-order valence-corrected chi connectivity index (χ4v) is 1.89. The number of rotatable bonds is 3. The molecule has 5 heteroatoms. The van der Waals surface area contributed by atoms with Gasteiger partial charge in [0, 0.05) is 6.04 Å². The maximum atomic E-state index is 8.65. The quantitative estimate of drug-likeness (QED) is 0.686. The van der Waals surface area contributed by atoms with Crippen LogP contribution in [0.15, 0.2) is 11.5 Å². The van der Waals surface area contributed by atoms with E-state index in [1.807, 2.05) is 6.92 Å². The van der Waals surface area contributed by atoms with Gasteiger partial charge in [0.2, 0.25) is 0 Å². The van der Waals surface area contributed by atoms with Gasteiger partial charge in [-0.05, 0) is 19.8 Å². The molecule has 1 atom stereocenters. The lowest BCUT2D eigenvalue weighted by atomic mass is 10.5. The molecule has 1 aromatic rings. The van der Waals surface area contributed by atoms with Crippen molar-refractivity contribution in [3.05, 3.63) is 6.33 Å². The van der Waals surface area contributed by atoms with Crippen LogP contribution >= 0.6 is 11.8 Å². The minimum Gasteiger partial charge on any atom is -0.305 e. The fourth-order valence-electron chi connectivity index (χ4n) is 1.10. The van der Waals surface area contributed by atoms with Crippen molar-refractivity contribution in [1.82, 2.24) is 14.8 Å². The van der Waals surface area contributed by atoms with Crippen LogP contribution in [0.3, 0.4) is 0 Å². The van der Waals surface area contributed by atoms with Crippen molar-refractivity contribution in [2.24, 2.45) is 0 Å². The van der Waals surface area contributed by atoms with Gasteiger partial charge in [-0.1, -0.05) is 11.8 Å². The smallest absolute Gasteiger partial charge is 0.192 e. The Morgan fingerprint density at radius 3 is 3.15 bits per heavy atom. The second-order valence-corrected chi connectivity index (χ2v) is 4.45. The lowest BCUT2D eigenvalue weighted by Crippen LogP contribution is -1.98. The minimum atomic E-state index is -0.0540. The summed E-state index contributed by atoms with van der Waals surface area (Å²) in [4.78, 5) is 0. The molecular weight excluding hydrogens is 184 g/mol. The van der Waals surface area contributed by atoms with E-state index in [9.17, 15) is 0 Å². The molecule has 0 radical (unpaired) electrons. The molecule has 13 heavy (non-hydrogen) atoms. The van der Waals surface area contributed by atoms with Crippen LogP contribution in [0.2, 0.25) is 0 Å². The van der Waals surface area contributed by atoms with E-state index in [2.05, 4.69) is 20.8 Å². The van der Waals surface area contributed by atoms with E-state index in [-0.39, 0.29) is 5.25 Å². The van der Waals surface area contributed by atoms with Gasteiger partial charge in [0.25, 0.3) is 0 Å². The molecule has 0 aliphatic heterocycles. The number of hydrogen-bond acceptors (Lipinski definition) is 4. The summed E-state index contributed by atoms with van der Waals surface area (Å²) >= 11 is 1.47. The number of hydrogen-bond donors (Lipinski definition) is 0. The Hall–Kier alpha value is -1.02. The zero-order valence-electron chi connectivity index (χ0n) is 7.34. The molecule has 0 spiro atoms. The van der Waals surface area contributed by atoms with Gasteiger partial charge in [-0.2, -0.15) is 5.26 Å². The van der Waals surface area contributed by atoms with Crippen molar-refractivity contribution in [1.29, 1.82) is 5.26 Å². The highest BCUT2D eigenvalue weighted by atomic mass is 32.2. The summed E-state index contributed by atoms with van der Waals surface area (Å²) < 4.78 is 2.07. The number of thioether (sulfide) groups is 1. The minimum absolute atomic E-state index is 0.0540. The molecule has 0 saturated heterocycles. The molecular formula is C8H10N4S. The molecule has 1 aliphatic rings. The van der Waals surface area contributed by atoms with Crippen LogP contribution in [0.25, 0.3) is 0 Å². The molecule has 0 bridgehead atoms. The maximum absolute atomic E-state index is 8.65. The first-order valence-corrected chi connectivity index (χ1v) is 5.15. The lowest BCUT2D eigenvalue weighted by molar-refractivity contribution is 0.662. The molecule has 2 rings (SSSR count). The average molecular weight is 194 g/mol. The van der Waals surface area contributed by atoms with E-state index in [0.29, 0.717) is 6.04 Å². The van der Waals surface area contributed by atoms with Crippen molar-refractivity contribution >= 4 is 11.8 Å². The molecule has 68 valence electrons. The van der Waals surface area contributed by atoms with E-state index in [1.54, 1.807) is 6.33 Å². The predicted octanol–water partition coefficient (Wildman–Crippen LogP) is 1.62. The van der Waals surface area contributed by atoms with Crippen LogP contribution in [-0.2, 0) is 0 Å². The van der Waals surface area contributed by atoms with Crippen LogP contribution < -0.4 is 0 Å². The van der Waals surface area contributed by atoms with Crippen molar-refractivity contribution < 1.29 is 0 Å². The zero-order chi connectivity index (χ0) is 9.26.